The molecule has 5 heteroatoms. The second-order valence-electron chi connectivity index (χ2n) is 6.42. The molecular formula is C24H19FN2O2. The summed E-state index contributed by atoms with van der Waals surface area (Å²) in [5, 5.41) is 0. The molecule has 0 unspecified atom stereocenters. The molecule has 0 aliphatic carbocycles. The number of rotatable bonds is 5. The van der Waals surface area contributed by atoms with Gasteiger partial charge in [0.1, 0.15) is 23.1 Å². The van der Waals surface area contributed by atoms with Crippen LogP contribution < -0.4 is 9.64 Å². The summed E-state index contributed by atoms with van der Waals surface area (Å²) in [4.78, 5) is 19.3. The molecule has 0 N–H and O–H groups in total. The molecule has 0 aromatic heterocycles. The van der Waals surface area contributed by atoms with E-state index in [-0.39, 0.29) is 11.6 Å². The van der Waals surface area contributed by atoms with Gasteiger partial charge in [-0.15, -0.1) is 0 Å². The Morgan fingerprint density at radius 1 is 0.966 bits per heavy atom. The van der Waals surface area contributed by atoms with Gasteiger partial charge < -0.3 is 4.74 Å². The number of amides is 1. The van der Waals surface area contributed by atoms with Crippen LogP contribution in [0.4, 0.5) is 10.1 Å². The standard InChI is InChI=1S/C24H19FN2O2/c1-2-29-20-14-12-19(13-15-20)27-23(17-8-4-3-5-9-17)26-22(24(27)28)16-18-10-6-7-11-21(18)25/h3-16H,2H2,1H3/b22-16+. The summed E-state index contributed by atoms with van der Waals surface area (Å²) in [6.07, 6.45) is 1.48. The molecule has 4 rings (SSSR count). The van der Waals surface area contributed by atoms with Crippen LogP contribution in [-0.2, 0) is 4.79 Å². The first-order valence-electron chi connectivity index (χ1n) is 9.35. The van der Waals surface area contributed by atoms with Gasteiger partial charge in [0.25, 0.3) is 5.91 Å². The van der Waals surface area contributed by atoms with E-state index in [1.807, 2.05) is 61.5 Å². The Labute approximate surface area is 168 Å². The number of halogens is 1. The van der Waals surface area contributed by atoms with Gasteiger partial charge in [-0.3, -0.25) is 9.69 Å². The maximum absolute atomic E-state index is 14.1. The van der Waals surface area contributed by atoms with E-state index in [0.29, 0.717) is 23.7 Å². The highest BCUT2D eigenvalue weighted by Gasteiger charge is 2.32. The number of aliphatic imine (C=N–C) groups is 1. The first kappa shape index (κ1) is 18.6. The molecule has 144 valence electrons. The van der Waals surface area contributed by atoms with Gasteiger partial charge in [0.2, 0.25) is 0 Å². The van der Waals surface area contributed by atoms with E-state index in [4.69, 9.17) is 4.74 Å². The fraction of sp³-hybridized carbons (Fsp3) is 0.0833. The molecule has 1 amide bonds. The fourth-order valence-corrected chi connectivity index (χ4v) is 3.13. The molecule has 1 aliphatic heterocycles. The van der Waals surface area contributed by atoms with Crippen molar-refractivity contribution < 1.29 is 13.9 Å². The molecule has 3 aromatic rings. The van der Waals surface area contributed by atoms with Crippen molar-refractivity contribution in [3.63, 3.8) is 0 Å². The summed E-state index contributed by atoms with van der Waals surface area (Å²) < 4.78 is 19.6. The Balaban J connectivity index is 1.78. The van der Waals surface area contributed by atoms with Crippen LogP contribution in [0.1, 0.15) is 18.1 Å². The van der Waals surface area contributed by atoms with Gasteiger partial charge in [-0.05, 0) is 43.3 Å². The van der Waals surface area contributed by atoms with Crippen molar-refractivity contribution in [2.45, 2.75) is 6.92 Å². The lowest BCUT2D eigenvalue weighted by Crippen LogP contribution is -2.32. The third kappa shape index (κ3) is 3.80. The molecule has 29 heavy (non-hydrogen) atoms. The van der Waals surface area contributed by atoms with E-state index in [1.54, 1.807) is 18.2 Å². The lowest BCUT2D eigenvalue weighted by Gasteiger charge is -2.19. The lowest BCUT2D eigenvalue weighted by molar-refractivity contribution is -0.113. The van der Waals surface area contributed by atoms with Gasteiger partial charge in [0, 0.05) is 11.1 Å². The summed E-state index contributed by atoms with van der Waals surface area (Å²) in [7, 11) is 0. The van der Waals surface area contributed by atoms with E-state index in [1.165, 1.54) is 17.0 Å². The number of ether oxygens (including phenoxy) is 1. The van der Waals surface area contributed by atoms with Gasteiger partial charge in [-0.1, -0.05) is 48.5 Å². The zero-order chi connectivity index (χ0) is 20.2. The Morgan fingerprint density at radius 2 is 1.66 bits per heavy atom. The molecule has 1 aliphatic rings. The maximum atomic E-state index is 14.1. The van der Waals surface area contributed by atoms with Crippen molar-refractivity contribution in [1.29, 1.82) is 0 Å². The topological polar surface area (TPSA) is 41.9 Å². The molecule has 0 saturated carbocycles. The largest absolute Gasteiger partial charge is 0.494 e. The first-order chi connectivity index (χ1) is 14.2. The predicted molar refractivity (Wildman–Crippen MR) is 112 cm³/mol. The number of carbonyl (C=O) groups is 1. The van der Waals surface area contributed by atoms with Crippen LogP contribution in [0.15, 0.2) is 89.6 Å². The number of benzene rings is 3. The van der Waals surface area contributed by atoms with E-state index in [2.05, 4.69) is 4.99 Å². The molecule has 0 fully saturated rings. The van der Waals surface area contributed by atoms with Crippen LogP contribution in [0.5, 0.6) is 5.75 Å². The van der Waals surface area contributed by atoms with Crippen molar-refractivity contribution in [2.24, 2.45) is 4.99 Å². The third-order valence-corrected chi connectivity index (χ3v) is 4.50. The Hall–Kier alpha value is -3.73. The molecule has 0 saturated heterocycles. The zero-order valence-electron chi connectivity index (χ0n) is 15.9. The fourth-order valence-electron chi connectivity index (χ4n) is 3.13. The molecular weight excluding hydrogens is 367 g/mol. The quantitative estimate of drug-likeness (QED) is 0.575. The third-order valence-electron chi connectivity index (χ3n) is 4.50. The number of hydrogen-bond acceptors (Lipinski definition) is 3. The molecule has 4 nitrogen and oxygen atoms in total. The normalized spacial score (nSPS) is 15.0. The van der Waals surface area contributed by atoms with Gasteiger partial charge in [-0.2, -0.15) is 0 Å². The number of nitrogens with zero attached hydrogens (tertiary/aromatic N) is 2. The molecule has 1 heterocycles. The lowest BCUT2D eigenvalue weighted by atomic mass is 10.1. The van der Waals surface area contributed by atoms with Crippen LogP contribution in [0.2, 0.25) is 0 Å². The second kappa shape index (κ2) is 8.10. The highest BCUT2D eigenvalue weighted by Crippen LogP contribution is 2.29. The summed E-state index contributed by atoms with van der Waals surface area (Å²) in [5.74, 6) is 0.519. The van der Waals surface area contributed by atoms with E-state index in [0.717, 1.165) is 11.3 Å². The first-order valence-corrected chi connectivity index (χ1v) is 9.35. The maximum Gasteiger partial charge on any atom is 0.282 e. The predicted octanol–water partition coefficient (Wildman–Crippen LogP) is 5.06. The minimum atomic E-state index is -0.399. The summed E-state index contributed by atoms with van der Waals surface area (Å²) in [6, 6.07) is 23.0. The van der Waals surface area contributed by atoms with Crippen LogP contribution in [0.3, 0.4) is 0 Å². The van der Waals surface area contributed by atoms with E-state index in [9.17, 15) is 9.18 Å². The molecule has 0 bridgehead atoms. The van der Waals surface area contributed by atoms with Gasteiger partial charge in [0.05, 0.1) is 12.3 Å². The zero-order valence-corrected chi connectivity index (χ0v) is 15.9. The van der Waals surface area contributed by atoms with Crippen molar-refractivity contribution in [3.05, 3.63) is 102 Å². The van der Waals surface area contributed by atoms with Crippen molar-refractivity contribution in [3.8, 4) is 5.75 Å². The van der Waals surface area contributed by atoms with Crippen LogP contribution in [0.25, 0.3) is 6.08 Å². The molecule has 3 aromatic carbocycles. The van der Waals surface area contributed by atoms with Crippen LogP contribution in [-0.4, -0.2) is 18.3 Å². The van der Waals surface area contributed by atoms with Crippen molar-refractivity contribution in [1.82, 2.24) is 0 Å². The van der Waals surface area contributed by atoms with Crippen LogP contribution in [0, 0.1) is 5.82 Å². The Bertz CT molecular complexity index is 1090. The SMILES string of the molecule is CCOc1ccc(N2C(=O)/C(=C\c3ccccc3F)N=C2c2ccccc2)cc1. The number of carbonyl (C=O) groups excluding carboxylic acids is 1. The molecule has 0 atom stereocenters. The van der Waals surface area contributed by atoms with Crippen molar-refractivity contribution >= 4 is 23.5 Å². The Kier molecular flexibility index (Phi) is 5.20. The van der Waals surface area contributed by atoms with Gasteiger partial charge in [-0.25, -0.2) is 9.38 Å². The van der Waals surface area contributed by atoms with Crippen LogP contribution >= 0.6 is 0 Å². The number of hydrogen-bond donors (Lipinski definition) is 0. The number of amidine groups is 1. The minimum Gasteiger partial charge on any atom is -0.494 e. The molecule has 0 spiro atoms. The highest BCUT2D eigenvalue weighted by atomic mass is 19.1. The average molecular weight is 386 g/mol. The Morgan fingerprint density at radius 3 is 2.34 bits per heavy atom. The summed E-state index contributed by atoms with van der Waals surface area (Å²) >= 11 is 0. The van der Waals surface area contributed by atoms with Crippen molar-refractivity contribution in [2.75, 3.05) is 11.5 Å². The minimum absolute atomic E-state index is 0.183. The number of anilines is 1. The van der Waals surface area contributed by atoms with E-state index >= 15 is 0 Å². The molecule has 0 radical (unpaired) electrons. The average Bonchev–Trinajstić information content (AvgIpc) is 3.07. The summed E-state index contributed by atoms with van der Waals surface area (Å²) in [6.45, 7) is 2.48. The monoisotopic (exact) mass is 386 g/mol. The second-order valence-corrected chi connectivity index (χ2v) is 6.42. The highest BCUT2D eigenvalue weighted by molar-refractivity contribution is 6.33. The summed E-state index contributed by atoms with van der Waals surface area (Å²) in [5.41, 5.74) is 1.97. The smallest absolute Gasteiger partial charge is 0.282 e. The van der Waals surface area contributed by atoms with Gasteiger partial charge >= 0.3 is 0 Å². The van der Waals surface area contributed by atoms with Gasteiger partial charge in [0.15, 0.2) is 0 Å². The van der Waals surface area contributed by atoms with E-state index < -0.39 is 5.82 Å².